The van der Waals surface area contributed by atoms with E-state index in [4.69, 9.17) is 12.2 Å². The van der Waals surface area contributed by atoms with Gasteiger partial charge in [0.15, 0.2) is 0 Å². The van der Waals surface area contributed by atoms with Gasteiger partial charge < -0.3 is 5.11 Å². The number of amides is 1. The van der Waals surface area contributed by atoms with Crippen LogP contribution in [0, 0.1) is 10.1 Å². The number of nitro benzene ring substituents is 1. The zero-order valence-corrected chi connectivity index (χ0v) is 11.3. The molecule has 1 saturated heterocycles. The predicted molar refractivity (Wildman–Crippen MR) is 75.7 cm³/mol. The zero-order valence-electron chi connectivity index (χ0n) is 9.69. The number of nitrogens with zero attached hydrogens (tertiary/aromatic N) is 2. The van der Waals surface area contributed by atoms with Gasteiger partial charge in [-0.1, -0.05) is 36.1 Å². The first-order chi connectivity index (χ1) is 8.91. The maximum atomic E-state index is 11.8. The Morgan fingerprint density at radius 2 is 2.21 bits per heavy atom. The summed E-state index contributed by atoms with van der Waals surface area (Å²) in [6.07, 6.45) is 1.39. The Kier molecular flexibility index (Phi) is 3.54. The topological polar surface area (TPSA) is 83.7 Å². The molecule has 1 amide bonds. The van der Waals surface area contributed by atoms with Gasteiger partial charge in [-0.15, -0.1) is 0 Å². The van der Waals surface area contributed by atoms with Crippen molar-refractivity contribution in [3.8, 4) is 5.75 Å². The van der Waals surface area contributed by atoms with E-state index in [1.807, 2.05) is 0 Å². The van der Waals surface area contributed by atoms with Crippen molar-refractivity contribution in [2.24, 2.45) is 0 Å². The SMILES string of the molecule is CN1C(=O)/C(=C\c2cccc([N+](=O)[O-])c2O)SC1=S. The maximum absolute atomic E-state index is 11.8. The normalized spacial score (nSPS) is 17.3. The molecule has 0 aliphatic carbocycles. The van der Waals surface area contributed by atoms with Crippen LogP contribution in [0.15, 0.2) is 23.1 Å². The summed E-state index contributed by atoms with van der Waals surface area (Å²) in [7, 11) is 1.55. The molecular formula is C11H8N2O4S2. The summed E-state index contributed by atoms with van der Waals surface area (Å²) in [5.41, 5.74) is -0.191. The van der Waals surface area contributed by atoms with Crippen molar-refractivity contribution in [1.29, 1.82) is 0 Å². The number of likely N-dealkylation sites (N-methyl/N-ethyl adjacent to an activating group) is 1. The van der Waals surface area contributed by atoms with E-state index in [1.54, 1.807) is 7.05 Å². The molecule has 1 N–H and O–H groups in total. The van der Waals surface area contributed by atoms with Crippen LogP contribution in [0.25, 0.3) is 6.08 Å². The smallest absolute Gasteiger partial charge is 0.311 e. The van der Waals surface area contributed by atoms with Gasteiger partial charge in [0.1, 0.15) is 4.32 Å². The molecule has 0 radical (unpaired) electrons. The number of carbonyl (C=O) groups is 1. The lowest BCUT2D eigenvalue weighted by Gasteiger charge is -2.03. The van der Waals surface area contributed by atoms with Gasteiger partial charge in [0, 0.05) is 18.7 Å². The average Bonchev–Trinajstić information content (AvgIpc) is 2.59. The fourth-order valence-electron chi connectivity index (χ4n) is 1.50. The molecule has 98 valence electrons. The zero-order chi connectivity index (χ0) is 14.2. The van der Waals surface area contributed by atoms with Crippen LogP contribution in [0.3, 0.4) is 0 Å². The molecule has 0 unspecified atom stereocenters. The van der Waals surface area contributed by atoms with Crippen LogP contribution in [-0.4, -0.2) is 32.2 Å². The number of thioether (sulfide) groups is 1. The Hall–Kier alpha value is -1.93. The van der Waals surface area contributed by atoms with Crippen LogP contribution >= 0.6 is 24.0 Å². The summed E-state index contributed by atoms with van der Waals surface area (Å²) >= 11 is 6.06. The lowest BCUT2D eigenvalue weighted by atomic mass is 10.1. The highest BCUT2D eigenvalue weighted by molar-refractivity contribution is 8.26. The van der Waals surface area contributed by atoms with Crippen molar-refractivity contribution >= 4 is 46.0 Å². The number of hydrogen-bond donors (Lipinski definition) is 1. The molecule has 0 atom stereocenters. The van der Waals surface area contributed by atoms with Crippen LogP contribution in [0.2, 0.25) is 0 Å². The van der Waals surface area contributed by atoms with Crippen LogP contribution in [0.1, 0.15) is 5.56 Å². The summed E-state index contributed by atoms with van der Waals surface area (Å²) in [5.74, 6) is -0.755. The summed E-state index contributed by atoms with van der Waals surface area (Å²) in [4.78, 5) is 23.4. The van der Waals surface area contributed by atoms with E-state index in [1.165, 1.54) is 29.2 Å². The number of phenols is 1. The van der Waals surface area contributed by atoms with E-state index >= 15 is 0 Å². The molecule has 0 bridgehead atoms. The molecule has 0 spiro atoms. The molecule has 8 heteroatoms. The number of hydrogen-bond acceptors (Lipinski definition) is 6. The third-order valence-corrected chi connectivity index (χ3v) is 4.00. The standard InChI is InChI=1S/C11H8N2O4S2/c1-12-10(15)8(19-11(12)18)5-6-3-2-4-7(9(6)14)13(16)17/h2-5,14H,1H3/b8-5+. The third-order valence-electron chi connectivity index (χ3n) is 2.52. The number of aromatic hydroxyl groups is 1. The molecule has 1 fully saturated rings. The highest BCUT2D eigenvalue weighted by atomic mass is 32.2. The van der Waals surface area contributed by atoms with Gasteiger partial charge in [-0.25, -0.2) is 0 Å². The molecule has 1 aromatic carbocycles. The third kappa shape index (κ3) is 2.45. The van der Waals surface area contributed by atoms with Crippen molar-refractivity contribution in [3.05, 3.63) is 38.8 Å². The lowest BCUT2D eigenvalue weighted by Crippen LogP contribution is -2.22. The van der Waals surface area contributed by atoms with E-state index < -0.39 is 16.4 Å². The van der Waals surface area contributed by atoms with Crippen molar-refractivity contribution in [1.82, 2.24) is 4.90 Å². The van der Waals surface area contributed by atoms with Crippen LogP contribution in [0.5, 0.6) is 5.75 Å². The quantitative estimate of drug-likeness (QED) is 0.389. The second-order valence-corrected chi connectivity index (χ2v) is 5.39. The van der Waals surface area contributed by atoms with E-state index in [0.29, 0.717) is 9.23 Å². The Labute approximate surface area is 117 Å². The number of para-hydroxylation sites is 1. The maximum Gasteiger partial charge on any atom is 0.311 e. The Bertz CT molecular complexity index is 627. The van der Waals surface area contributed by atoms with Crippen molar-refractivity contribution in [2.45, 2.75) is 0 Å². The molecule has 1 aliphatic heterocycles. The van der Waals surface area contributed by atoms with Gasteiger partial charge in [0.25, 0.3) is 5.91 Å². The lowest BCUT2D eigenvalue weighted by molar-refractivity contribution is -0.385. The molecule has 6 nitrogen and oxygen atoms in total. The van der Waals surface area contributed by atoms with Gasteiger partial charge in [0.2, 0.25) is 5.75 Å². The molecule has 0 aromatic heterocycles. The molecular weight excluding hydrogens is 288 g/mol. The fraction of sp³-hybridized carbons (Fsp3) is 0.0909. The van der Waals surface area contributed by atoms with Crippen molar-refractivity contribution < 1.29 is 14.8 Å². The minimum Gasteiger partial charge on any atom is -0.502 e. The number of carbonyl (C=O) groups excluding carboxylic acids is 1. The number of rotatable bonds is 2. The van der Waals surface area contributed by atoms with E-state index in [9.17, 15) is 20.0 Å². The van der Waals surface area contributed by atoms with Crippen molar-refractivity contribution in [3.63, 3.8) is 0 Å². The van der Waals surface area contributed by atoms with Crippen LogP contribution < -0.4 is 0 Å². The number of phenolic OH excluding ortho intramolecular Hbond substituents is 1. The van der Waals surface area contributed by atoms with Crippen molar-refractivity contribution in [2.75, 3.05) is 7.05 Å². The number of benzene rings is 1. The highest BCUT2D eigenvalue weighted by Gasteiger charge is 2.29. The van der Waals surface area contributed by atoms with Gasteiger partial charge in [-0.05, 0) is 6.08 Å². The summed E-state index contributed by atoms with van der Waals surface area (Å²) in [6.45, 7) is 0. The average molecular weight is 296 g/mol. The summed E-state index contributed by atoms with van der Waals surface area (Å²) in [6, 6.07) is 4.12. The highest BCUT2D eigenvalue weighted by Crippen LogP contribution is 2.35. The van der Waals surface area contributed by atoms with Gasteiger partial charge >= 0.3 is 5.69 Å². The predicted octanol–water partition coefficient (Wildman–Crippen LogP) is 2.13. The Morgan fingerprint density at radius 3 is 2.74 bits per heavy atom. The van der Waals surface area contributed by atoms with Gasteiger partial charge in [-0.3, -0.25) is 19.8 Å². The minimum absolute atomic E-state index is 0.211. The first-order valence-electron chi connectivity index (χ1n) is 5.09. The molecule has 1 aromatic rings. The molecule has 2 rings (SSSR count). The monoisotopic (exact) mass is 296 g/mol. The number of thiocarbonyl (C=S) groups is 1. The first kappa shape index (κ1) is 13.5. The second kappa shape index (κ2) is 4.98. The molecule has 19 heavy (non-hydrogen) atoms. The minimum atomic E-state index is -0.683. The van der Waals surface area contributed by atoms with E-state index in [-0.39, 0.29) is 11.5 Å². The number of nitro groups is 1. The Balaban J connectivity index is 2.45. The van der Waals surface area contributed by atoms with Gasteiger partial charge in [0.05, 0.1) is 9.83 Å². The fourth-order valence-corrected chi connectivity index (χ4v) is 2.67. The van der Waals surface area contributed by atoms with E-state index in [2.05, 4.69) is 0 Å². The molecule has 0 saturated carbocycles. The first-order valence-corrected chi connectivity index (χ1v) is 6.32. The van der Waals surface area contributed by atoms with Gasteiger partial charge in [-0.2, -0.15) is 0 Å². The largest absolute Gasteiger partial charge is 0.502 e. The Morgan fingerprint density at radius 1 is 1.53 bits per heavy atom. The summed E-state index contributed by atoms with van der Waals surface area (Å²) < 4.78 is 0.404. The summed E-state index contributed by atoms with van der Waals surface area (Å²) in [5, 5.41) is 20.5. The van der Waals surface area contributed by atoms with Crippen LogP contribution in [0.4, 0.5) is 5.69 Å². The van der Waals surface area contributed by atoms with Crippen LogP contribution in [-0.2, 0) is 4.79 Å². The second-order valence-electron chi connectivity index (χ2n) is 3.71. The molecule has 1 heterocycles. The van der Waals surface area contributed by atoms with E-state index in [0.717, 1.165) is 11.8 Å². The molecule has 1 aliphatic rings.